The minimum atomic E-state index is 0.690. The summed E-state index contributed by atoms with van der Waals surface area (Å²) in [6.45, 7) is 2.06. The number of anilines is 1. The largest absolute Gasteiger partial charge is 0.385 e. The number of hydrogen-bond donors (Lipinski definition) is 2. The molecule has 3 heteroatoms. The number of aryl methyl sites for hydroxylation is 1. The number of nitrogen functional groups attached to an aromatic ring is 1. The van der Waals surface area contributed by atoms with Crippen LogP contribution in [0.3, 0.4) is 0 Å². The number of aromatic nitrogens is 1. The van der Waals surface area contributed by atoms with Crippen LogP contribution in [0.5, 0.6) is 0 Å². The SMILES string of the molecule is CCc1ccc(=S)[nH]c1N. The van der Waals surface area contributed by atoms with E-state index in [0.717, 1.165) is 12.0 Å². The van der Waals surface area contributed by atoms with Crippen LogP contribution in [0.2, 0.25) is 0 Å². The predicted octanol–water partition coefficient (Wildman–Crippen LogP) is 1.89. The molecule has 0 radical (unpaired) electrons. The van der Waals surface area contributed by atoms with Gasteiger partial charge in [0.1, 0.15) is 10.5 Å². The van der Waals surface area contributed by atoms with Gasteiger partial charge >= 0.3 is 0 Å². The van der Waals surface area contributed by atoms with Crippen molar-refractivity contribution in [1.29, 1.82) is 0 Å². The van der Waals surface area contributed by atoms with Gasteiger partial charge in [0.05, 0.1) is 0 Å². The Morgan fingerprint density at radius 3 is 2.80 bits per heavy atom. The van der Waals surface area contributed by atoms with Gasteiger partial charge in [0.2, 0.25) is 0 Å². The van der Waals surface area contributed by atoms with Crippen LogP contribution >= 0.6 is 12.2 Å². The lowest BCUT2D eigenvalue weighted by atomic mass is 10.2. The molecule has 0 aliphatic rings. The van der Waals surface area contributed by atoms with Crippen molar-refractivity contribution in [3.63, 3.8) is 0 Å². The molecule has 0 aliphatic carbocycles. The molecule has 0 saturated heterocycles. The van der Waals surface area contributed by atoms with E-state index in [1.165, 1.54) is 0 Å². The van der Waals surface area contributed by atoms with Gasteiger partial charge in [-0.1, -0.05) is 25.2 Å². The average Bonchev–Trinajstić information content (AvgIpc) is 1.88. The number of nitrogens with one attached hydrogen (secondary N) is 1. The summed E-state index contributed by atoms with van der Waals surface area (Å²) < 4.78 is 0.690. The molecule has 0 saturated carbocycles. The monoisotopic (exact) mass is 154 g/mol. The fraction of sp³-hybridized carbons (Fsp3) is 0.286. The molecular formula is C7H10N2S. The summed E-state index contributed by atoms with van der Waals surface area (Å²) in [6, 6.07) is 3.80. The van der Waals surface area contributed by atoms with Crippen LogP contribution in [0, 0.1) is 4.64 Å². The number of rotatable bonds is 1. The number of pyridine rings is 1. The van der Waals surface area contributed by atoms with Crippen molar-refractivity contribution < 1.29 is 0 Å². The Morgan fingerprint density at radius 1 is 1.60 bits per heavy atom. The lowest BCUT2D eigenvalue weighted by molar-refractivity contribution is 1.11. The lowest BCUT2D eigenvalue weighted by Crippen LogP contribution is -1.95. The Kier molecular flexibility index (Phi) is 2.06. The van der Waals surface area contributed by atoms with Gasteiger partial charge in [-0.2, -0.15) is 0 Å². The highest BCUT2D eigenvalue weighted by Gasteiger charge is 1.92. The number of hydrogen-bond acceptors (Lipinski definition) is 2. The first-order valence-electron chi connectivity index (χ1n) is 3.21. The number of aromatic amines is 1. The molecule has 0 spiro atoms. The van der Waals surface area contributed by atoms with Crippen LogP contribution < -0.4 is 5.73 Å². The van der Waals surface area contributed by atoms with Crippen molar-refractivity contribution in [2.75, 3.05) is 5.73 Å². The molecule has 0 unspecified atom stereocenters. The zero-order valence-electron chi connectivity index (χ0n) is 5.85. The topological polar surface area (TPSA) is 41.8 Å². The van der Waals surface area contributed by atoms with Crippen molar-refractivity contribution in [2.45, 2.75) is 13.3 Å². The summed E-state index contributed by atoms with van der Waals surface area (Å²) in [5.74, 6) is 0.690. The number of nitrogens with two attached hydrogens (primary N) is 1. The van der Waals surface area contributed by atoms with E-state index in [-0.39, 0.29) is 0 Å². The fourth-order valence-corrected chi connectivity index (χ4v) is 1.01. The van der Waals surface area contributed by atoms with E-state index in [1.54, 1.807) is 0 Å². The average molecular weight is 154 g/mol. The fourth-order valence-electron chi connectivity index (χ4n) is 0.829. The van der Waals surface area contributed by atoms with E-state index in [1.807, 2.05) is 12.1 Å². The summed E-state index contributed by atoms with van der Waals surface area (Å²) in [5.41, 5.74) is 6.73. The molecule has 1 aromatic heterocycles. The molecular weight excluding hydrogens is 144 g/mol. The molecule has 0 amide bonds. The Labute approximate surface area is 65.1 Å². The zero-order chi connectivity index (χ0) is 7.56. The van der Waals surface area contributed by atoms with Gasteiger partial charge < -0.3 is 10.7 Å². The first-order valence-corrected chi connectivity index (χ1v) is 3.62. The Morgan fingerprint density at radius 2 is 2.30 bits per heavy atom. The standard InChI is InChI=1S/C7H10N2S/c1-2-5-3-4-6(10)9-7(5)8/h3-4H,2H2,1H3,(H3,8,9,10). The number of H-pyrrole nitrogens is 1. The Balaban J connectivity index is 3.19. The highest BCUT2D eigenvalue weighted by atomic mass is 32.1. The zero-order valence-corrected chi connectivity index (χ0v) is 6.66. The molecule has 0 atom stereocenters. The predicted molar refractivity (Wildman–Crippen MR) is 45.4 cm³/mol. The molecule has 2 nitrogen and oxygen atoms in total. The highest BCUT2D eigenvalue weighted by Crippen LogP contribution is 2.07. The third-order valence-electron chi connectivity index (χ3n) is 1.42. The van der Waals surface area contributed by atoms with E-state index in [4.69, 9.17) is 18.0 Å². The molecule has 0 aliphatic heterocycles. The molecule has 1 heterocycles. The Bertz CT molecular complexity index is 277. The summed E-state index contributed by atoms with van der Waals surface area (Å²) in [6.07, 6.45) is 0.942. The van der Waals surface area contributed by atoms with Crippen molar-refractivity contribution >= 4 is 18.0 Å². The third-order valence-corrected chi connectivity index (χ3v) is 1.66. The van der Waals surface area contributed by atoms with Crippen LogP contribution in [-0.2, 0) is 6.42 Å². The smallest absolute Gasteiger partial charge is 0.104 e. The molecule has 0 bridgehead atoms. The molecule has 54 valence electrons. The molecule has 3 N–H and O–H groups in total. The minimum Gasteiger partial charge on any atom is -0.385 e. The van der Waals surface area contributed by atoms with Crippen LogP contribution in [0.4, 0.5) is 5.82 Å². The molecule has 0 aromatic carbocycles. The lowest BCUT2D eigenvalue weighted by Gasteiger charge is -1.99. The summed E-state index contributed by atoms with van der Waals surface area (Å²) in [4.78, 5) is 2.88. The second-order valence-electron chi connectivity index (χ2n) is 2.12. The Hall–Kier alpha value is -0.830. The quantitative estimate of drug-likeness (QED) is 0.606. The van der Waals surface area contributed by atoms with Gasteiger partial charge in [-0.15, -0.1) is 0 Å². The molecule has 1 aromatic rings. The van der Waals surface area contributed by atoms with Crippen molar-refractivity contribution in [1.82, 2.24) is 4.98 Å². The van der Waals surface area contributed by atoms with Crippen LogP contribution in [0.1, 0.15) is 12.5 Å². The van der Waals surface area contributed by atoms with Gasteiger partial charge in [-0.3, -0.25) is 0 Å². The molecule has 1 rings (SSSR count). The van der Waals surface area contributed by atoms with Gasteiger partial charge in [-0.25, -0.2) is 0 Å². The van der Waals surface area contributed by atoms with E-state index in [2.05, 4.69) is 11.9 Å². The van der Waals surface area contributed by atoms with E-state index < -0.39 is 0 Å². The van der Waals surface area contributed by atoms with Gasteiger partial charge in [0.15, 0.2) is 0 Å². The minimum absolute atomic E-state index is 0.690. The highest BCUT2D eigenvalue weighted by molar-refractivity contribution is 7.71. The van der Waals surface area contributed by atoms with Gasteiger partial charge in [0.25, 0.3) is 0 Å². The van der Waals surface area contributed by atoms with Crippen LogP contribution in [-0.4, -0.2) is 4.98 Å². The second-order valence-corrected chi connectivity index (χ2v) is 2.55. The first-order chi connectivity index (χ1) is 4.74. The third kappa shape index (κ3) is 1.36. The molecule has 10 heavy (non-hydrogen) atoms. The summed E-state index contributed by atoms with van der Waals surface area (Å²) in [7, 11) is 0. The second kappa shape index (κ2) is 2.84. The van der Waals surface area contributed by atoms with Gasteiger partial charge in [0, 0.05) is 0 Å². The van der Waals surface area contributed by atoms with E-state index >= 15 is 0 Å². The van der Waals surface area contributed by atoms with Gasteiger partial charge in [-0.05, 0) is 18.1 Å². The summed E-state index contributed by atoms with van der Waals surface area (Å²) >= 11 is 4.87. The maximum Gasteiger partial charge on any atom is 0.104 e. The van der Waals surface area contributed by atoms with E-state index in [0.29, 0.717) is 10.5 Å². The maximum absolute atomic E-state index is 5.61. The van der Waals surface area contributed by atoms with Crippen LogP contribution in [0.25, 0.3) is 0 Å². The van der Waals surface area contributed by atoms with Crippen LogP contribution in [0.15, 0.2) is 12.1 Å². The van der Waals surface area contributed by atoms with Crippen molar-refractivity contribution in [3.8, 4) is 0 Å². The van der Waals surface area contributed by atoms with E-state index in [9.17, 15) is 0 Å². The molecule has 0 fully saturated rings. The summed E-state index contributed by atoms with van der Waals surface area (Å²) in [5, 5.41) is 0. The normalized spacial score (nSPS) is 9.70. The first kappa shape index (κ1) is 7.28. The van der Waals surface area contributed by atoms with Crippen molar-refractivity contribution in [3.05, 3.63) is 22.3 Å². The van der Waals surface area contributed by atoms with Crippen molar-refractivity contribution in [2.24, 2.45) is 0 Å². The maximum atomic E-state index is 5.61.